The van der Waals surface area contributed by atoms with Crippen LogP contribution in [0.15, 0.2) is 36.7 Å². The second-order valence-corrected chi connectivity index (χ2v) is 6.34. The number of carboxylic acids is 1. The summed E-state index contributed by atoms with van der Waals surface area (Å²) in [5.41, 5.74) is 7.29. The standard InChI is InChI=1S/C16H19FN4O.C2HF3O2/c17-13-3-1-12(2-4-13)16(5-6-22-10-16)9-19-15-7-14(8-18)20-11-21-15;3-2(4,5)1(6)7/h1-4,7,11H,5-6,8-10,18H2,(H,19,20,21);(H,6,7). The van der Waals surface area contributed by atoms with Gasteiger partial charge in [0.2, 0.25) is 0 Å². The number of anilines is 1. The predicted octanol–water partition coefficient (Wildman–Crippen LogP) is 2.48. The quantitative estimate of drug-likeness (QED) is 0.643. The normalized spacial score (nSPS) is 18.7. The molecule has 0 saturated carbocycles. The molecule has 0 amide bonds. The van der Waals surface area contributed by atoms with Gasteiger partial charge in [-0.2, -0.15) is 13.2 Å². The fourth-order valence-electron chi connectivity index (χ4n) is 2.75. The average molecular weight is 416 g/mol. The van der Waals surface area contributed by atoms with E-state index < -0.39 is 12.1 Å². The van der Waals surface area contributed by atoms with Gasteiger partial charge in [-0.3, -0.25) is 0 Å². The van der Waals surface area contributed by atoms with Gasteiger partial charge in [-0.05, 0) is 24.1 Å². The number of rotatable bonds is 5. The van der Waals surface area contributed by atoms with Crippen molar-refractivity contribution in [1.29, 1.82) is 0 Å². The van der Waals surface area contributed by atoms with Gasteiger partial charge in [0.25, 0.3) is 0 Å². The summed E-state index contributed by atoms with van der Waals surface area (Å²) in [5, 5.41) is 10.5. The maximum Gasteiger partial charge on any atom is 0.490 e. The van der Waals surface area contributed by atoms with Crippen molar-refractivity contribution in [3.05, 3.63) is 53.7 Å². The molecule has 1 aliphatic rings. The van der Waals surface area contributed by atoms with Crippen LogP contribution in [0.2, 0.25) is 0 Å². The first-order valence-corrected chi connectivity index (χ1v) is 8.55. The second-order valence-electron chi connectivity index (χ2n) is 6.34. The maximum atomic E-state index is 13.2. The molecule has 1 aromatic carbocycles. The van der Waals surface area contributed by atoms with Gasteiger partial charge in [-0.25, -0.2) is 19.2 Å². The fraction of sp³-hybridized carbons (Fsp3) is 0.389. The van der Waals surface area contributed by atoms with Crippen molar-refractivity contribution in [2.75, 3.05) is 25.1 Å². The van der Waals surface area contributed by atoms with Crippen LogP contribution in [0.5, 0.6) is 0 Å². The summed E-state index contributed by atoms with van der Waals surface area (Å²) in [4.78, 5) is 17.2. The Morgan fingerprint density at radius 3 is 2.45 bits per heavy atom. The number of carbonyl (C=O) groups is 1. The number of benzene rings is 1. The van der Waals surface area contributed by atoms with E-state index in [9.17, 15) is 17.6 Å². The summed E-state index contributed by atoms with van der Waals surface area (Å²) >= 11 is 0. The van der Waals surface area contributed by atoms with Crippen LogP contribution in [-0.4, -0.2) is 47.0 Å². The SMILES string of the molecule is NCc1cc(NCC2(c3ccc(F)cc3)CCOC2)ncn1.O=C(O)C(F)(F)F. The van der Waals surface area contributed by atoms with Crippen LogP contribution in [0.25, 0.3) is 0 Å². The van der Waals surface area contributed by atoms with E-state index in [1.54, 1.807) is 0 Å². The Balaban J connectivity index is 0.000000370. The Hall–Kier alpha value is -2.79. The molecule has 0 radical (unpaired) electrons. The molecule has 1 saturated heterocycles. The summed E-state index contributed by atoms with van der Waals surface area (Å²) in [7, 11) is 0. The van der Waals surface area contributed by atoms with E-state index in [-0.39, 0.29) is 11.2 Å². The molecular formula is C18H20F4N4O3. The molecule has 0 bridgehead atoms. The molecule has 3 rings (SSSR count). The van der Waals surface area contributed by atoms with E-state index >= 15 is 0 Å². The zero-order valence-electron chi connectivity index (χ0n) is 15.2. The monoisotopic (exact) mass is 416 g/mol. The highest BCUT2D eigenvalue weighted by molar-refractivity contribution is 5.73. The van der Waals surface area contributed by atoms with Crippen molar-refractivity contribution < 1.29 is 32.2 Å². The molecule has 0 aliphatic carbocycles. The lowest BCUT2D eigenvalue weighted by Crippen LogP contribution is -2.35. The minimum absolute atomic E-state index is 0.165. The maximum absolute atomic E-state index is 13.2. The van der Waals surface area contributed by atoms with Crippen molar-refractivity contribution in [3.63, 3.8) is 0 Å². The summed E-state index contributed by atoms with van der Waals surface area (Å²) in [6.07, 6.45) is -2.69. The van der Waals surface area contributed by atoms with Gasteiger partial charge < -0.3 is 20.9 Å². The first-order chi connectivity index (χ1) is 13.7. The lowest BCUT2D eigenvalue weighted by molar-refractivity contribution is -0.192. The first-order valence-electron chi connectivity index (χ1n) is 8.55. The predicted molar refractivity (Wildman–Crippen MR) is 95.6 cm³/mol. The Morgan fingerprint density at radius 2 is 1.93 bits per heavy atom. The van der Waals surface area contributed by atoms with Gasteiger partial charge in [0.15, 0.2) is 0 Å². The number of alkyl halides is 3. The van der Waals surface area contributed by atoms with Gasteiger partial charge in [-0.15, -0.1) is 0 Å². The third-order valence-electron chi connectivity index (χ3n) is 4.34. The molecule has 1 unspecified atom stereocenters. The van der Waals surface area contributed by atoms with Gasteiger partial charge in [0.1, 0.15) is 18.0 Å². The van der Waals surface area contributed by atoms with E-state index in [1.807, 2.05) is 18.2 Å². The van der Waals surface area contributed by atoms with Crippen LogP contribution in [0.4, 0.5) is 23.4 Å². The highest BCUT2D eigenvalue weighted by Crippen LogP contribution is 2.33. The summed E-state index contributed by atoms with van der Waals surface area (Å²) < 4.78 is 50.5. The first kappa shape index (κ1) is 22.5. The van der Waals surface area contributed by atoms with E-state index in [1.165, 1.54) is 18.5 Å². The number of hydrogen-bond donors (Lipinski definition) is 3. The number of hydrogen-bond acceptors (Lipinski definition) is 6. The number of nitrogens with two attached hydrogens (primary N) is 1. The van der Waals surface area contributed by atoms with Gasteiger partial charge >= 0.3 is 12.1 Å². The molecule has 7 nitrogen and oxygen atoms in total. The summed E-state index contributed by atoms with van der Waals surface area (Å²) in [6, 6.07) is 8.49. The molecule has 1 atom stereocenters. The van der Waals surface area contributed by atoms with Crippen molar-refractivity contribution in [2.45, 2.75) is 24.6 Å². The van der Waals surface area contributed by atoms with Crippen molar-refractivity contribution in [3.8, 4) is 0 Å². The number of nitrogens with zero attached hydrogens (tertiary/aromatic N) is 2. The Labute approximate surface area is 163 Å². The van der Waals surface area contributed by atoms with E-state index in [0.717, 1.165) is 23.5 Å². The third-order valence-corrected chi connectivity index (χ3v) is 4.34. The Kier molecular flexibility index (Phi) is 7.46. The van der Waals surface area contributed by atoms with E-state index in [2.05, 4.69) is 15.3 Å². The molecule has 29 heavy (non-hydrogen) atoms. The molecule has 1 fully saturated rings. The fourth-order valence-corrected chi connectivity index (χ4v) is 2.75. The highest BCUT2D eigenvalue weighted by Gasteiger charge is 2.38. The van der Waals surface area contributed by atoms with Gasteiger partial charge in [-0.1, -0.05) is 12.1 Å². The minimum Gasteiger partial charge on any atom is -0.475 e. The Bertz CT molecular complexity index is 809. The smallest absolute Gasteiger partial charge is 0.475 e. The molecule has 0 spiro atoms. The summed E-state index contributed by atoms with van der Waals surface area (Å²) in [6.45, 7) is 2.36. The molecular weight excluding hydrogens is 396 g/mol. The van der Waals surface area contributed by atoms with E-state index in [4.69, 9.17) is 20.4 Å². The van der Waals surface area contributed by atoms with Crippen LogP contribution >= 0.6 is 0 Å². The van der Waals surface area contributed by atoms with Gasteiger partial charge in [0, 0.05) is 31.2 Å². The highest BCUT2D eigenvalue weighted by atomic mass is 19.4. The van der Waals surface area contributed by atoms with Gasteiger partial charge in [0.05, 0.1) is 12.3 Å². The third kappa shape index (κ3) is 6.36. The van der Waals surface area contributed by atoms with Crippen LogP contribution < -0.4 is 11.1 Å². The molecule has 1 aromatic heterocycles. The van der Waals surface area contributed by atoms with Crippen LogP contribution in [0, 0.1) is 5.82 Å². The largest absolute Gasteiger partial charge is 0.490 e. The molecule has 2 heterocycles. The molecule has 158 valence electrons. The van der Waals surface area contributed by atoms with Crippen molar-refractivity contribution >= 4 is 11.8 Å². The number of nitrogens with one attached hydrogen (secondary N) is 1. The topological polar surface area (TPSA) is 110 Å². The Morgan fingerprint density at radius 1 is 1.28 bits per heavy atom. The second kappa shape index (κ2) is 9.61. The molecule has 1 aliphatic heterocycles. The number of aromatic nitrogens is 2. The number of carboxylic acid groups (broad SMARTS) is 1. The average Bonchev–Trinajstić information content (AvgIpc) is 3.17. The van der Waals surface area contributed by atoms with Crippen LogP contribution in [0.3, 0.4) is 0 Å². The molecule has 4 N–H and O–H groups in total. The lowest BCUT2D eigenvalue weighted by Gasteiger charge is -2.28. The summed E-state index contributed by atoms with van der Waals surface area (Å²) in [5.74, 6) is -2.24. The van der Waals surface area contributed by atoms with Crippen LogP contribution in [0.1, 0.15) is 17.7 Å². The van der Waals surface area contributed by atoms with Crippen molar-refractivity contribution in [2.24, 2.45) is 5.73 Å². The van der Waals surface area contributed by atoms with E-state index in [0.29, 0.717) is 26.3 Å². The minimum atomic E-state index is -5.08. The zero-order chi connectivity index (χ0) is 21.5. The molecule has 2 aromatic rings. The zero-order valence-corrected chi connectivity index (χ0v) is 15.2. The van der Waals surface area contributed by atoms with Crippen molar-refractivity contribution in [1.82, 2.24) is 9.97 Å². The molecule has 11 heteroatoms. The van der Waals surface area contributed by atoms with Crippen LogP contribution in [-0.2, 0) is 21.5 Å². The number of ether oxygens (including phenoxy) is 1. The lowest BCUT2D eigenvalue weighted by atomic mass is 9.79. The number of aliphatic carboxylic acids is 1. The number of halogens is 4.